The van der Waals surface area contributed by atoms with Crippen LogP contribution in [0.5, 0.6) is 0 Å². The number of ether oxygens (including phenoxy) is 1. The minimum Gasteiger partial charge on any atom is -0.376 e. The fraction of sp³-hybridized carbons (Fsp3) is 0.556. The van der Waals surface area contributed by atoms with Gasteiger partial charge in [0.05, 0.1) is 6.61 Å². The van der Waals surface area contributed by atoms with Gasteiger partial charge in [-0.1, -0.05) is 30.3 Å². The van der Waals surface area contributed by atoms with E-state index in [1.807, 2.05) is 23.1 Å². The van der Waals surface area contributed by atoms with Crippen molar-refractivity contribution in [2.75, 3.05) is 19.7 Å². The topological polar surface area (TPSA) is 58.6 Å². The molecule has 0 aliphatic carbocycles. The molecule has 0 spiro atoms. The molecule has 1 N–H and O–H groups in total. The van der Waals surface area contributed by atoms with Gasteiger partial charge in [0.1, 0.15) is 6.04 Å². The number of hydrogen-bond acceptors (Lipinski definition) is 3. The highest BCUT2D eigenvalue weighted by molar-refractivity contribution is 5.90. The van der Waals surface area contributed by atoms with E-state index in [4.69, 9.17) is 4.74 Å². The highest BCUT2D eigenvalue weighted by atomic mass is 16.5. The van der Waals surface area contributed by atoms with Crippen LogP contribution in [0.3, 0.4) is 0 Å². The minimum atomic E-state index is -0.298. The summed E-state index contributed by atoms with van der Waals surface area (Å²) in [7, 11) is 0. The molecule has 1 aromatic carbocycles. The van der Waals surface area contributed by atoms with Gasteiger partial charge in [-0.25, -0.2) is 0 Å². The Labute approximate surface area is 137 Å². The van der Waals surface area contributed by atoms with Gasteiger partial charge >= 0.3 is 0 Å². The molecule has 2 heterocycles. The lowest BCUT2D eigenvalue weighted by atomic mass is 9.97. The van der Waals surface area contributed by atoms with Gasteiger partial charge in [0.2, 0.25) is 11.8 Å². The van der Waals surface area contributed by atoms with Crippen LogP contribution in [0.4, 0.5) is 0 Å². The summed E-state index contributed by atoms with van der Waals surface area (Å²) in [5.74, 6) is 0.591. The van der Waals surface area contributed by atoms with Crippen molar-refractivity contribution in [2.24, 2.45) is 5.92 Å². The maximum absolute atomic E-state index is 12.3. The fourth-order valence-corrected chi connectivity index (χ4v) is 3.26. The number of piperidine rings is 1. The maximum atomic E-state index is 12.3. The van der Waals surface area contributed by atoms with E-state index in [2.05, 4.69) is 17.4 Å². The molecule has 5 nitrogen and oxygen atoms in total. The van der Waals surface area contributed by atoms with Crippen LogP contribution >= 0.6 is 0 Å². The molecule has 5 heteroatoms. The average molecular weight is 316 g/mol. The van der Waals surface area contributed by atoms with Crippen LogP contribution < -0.4 is 5.32 Å². The van der Waals surface area contributed by atoms with Gasteiger partial charge in [0.25, 0.3) is 0 Å². The van der Waals surface area contributed by atoms with Gasteiger partial charge in [-0.05, 0) is 30.7 Å². The predicted octanol–water partition coefficient (Wildman–Crippen LogP) is 1.72. The predicted molar refractivity (Wildman–Crippen MR) is 86.6 cm³/mol. The van der Waals surface area contributed by atoms with Gasteiger partial charge in [0.15, 0.2) is 0 Å². The summed E-state index contributed by atoms with van der Waals surface area (Å²) in [5, 5.41) is 2.76. The van der Waals surface area contributed by atoms with E-state index in [-0.39, 0.29) is 17.9 Å². The summed E-state index contributed by atoms with van der Waals surface area (Å²) < 4.78 is 5.81. The average Bonchev–Trinajstić information content (AvgIpc) is 3.02. The Bertz CT molecular complexity index is 538. The van der Waals surface area contributed by atoms with Crippen molar-refractivity contribution in [3.05, 3.63) is 35.9 Å². The number of rotatable bonds is 5. The second-order valence-corrected chi connectivity index (χ2v) is 6.43. The molecular formula is C18H24N2O3. The molecule has 0 radical (unpaired) electrons. The second kappa shape index (κ2) is 7.59. The molecule has 3 rings (SSSR count). The van der Waals surface area contributed by atoms with Crippen LogP contribution in [0, 0.1) is 5.92 Å². The van der Waals surface area contributed by atoms with E-state index >= 15 is 0 Å². The zero-order valence-corrected chi connectivity index (χ0v) is 13.4. The standard InChI is InChI=1S/C18H24N2O3/c21-17-7-6-16(19-17)18(22)20-10-8-15(9-11-20)13-23-12-14-4-2-1-3-5-14/h1-5,15-16H,6-13H2,(H,19,21). The zero-order valence-electron chi connectivity index (χ0n) is 13.4. The Hall–Kier alpha value is -1.88. The van der Waals surface area contributed by atoms with E-state index in [1.54, 1.807) is 0 Å². The lowest BCUT2D eigenvalue weighted by molar-refractivity contribution is -0.136. The van der Waals surface area contributed by atoms with Crippen molar-refractivity contribution >= 4 is 11.8 Å². The van der Waals surface area contributed by atoms with Crippen molar-refractivity contribution < 1.29 is 14.3 Å². The number of amides is 2. The summed E-state index contributed by atoms with van der Waals surface area (Å²) in [4.78, 5) is 25.5. The molecule has 1 atom stereocenters. The lowest BCUT2D eigenvalue weighted by Gasteiger charge is -2.33. The van der Waals surface area contributed by atoms with E-state index in [0.717, 1.165) is 32.5 Å². The van der Waals surface area contributed by atoms with Crippen LogP contribution in [-0.4, -0.2) is 42.5 Å². The van der Waals surface area contributed by atoms with Crippen LogP contribution in [0.1, 0.15) is 31.2 Å². The molecule has 1 unspecified atom stereocenters. The normalized spacial score (nSPS) is 22.2. The molecule has 0 bridgehead atoms. The molecule has 124 valence electrons. The summed E-state index contributed by atoms with van der Waals surface area (Å²) in [6.07, 6.45) is 3.06. The Kier molecular flexibility index (Phi) is 5.28. The molecule has 0 saturated carbocycles. The Morgan fingerprint density at radius 3 is 2.57 bits per heavy atom. The smallest absolute Gasteiger partial charge is 0.245 e. The first-order chi connectivity index (χ1) is 11.2. The van der Waals surface area contributed by atoms with Crippen molar-refractivity contribution in [1.29, 1.82) is 0 Å². The molecule has 2 aliphatic rings. The van der Waals surface area contributed by atoms with Gasteiger partial charge in [-0.3, -0.25) is 9.59 Å². The van der Waals surface area contributed by atoms with Crippen molar-refractivity contribution in [3.8, 4) is 0 Å². The maximum Gasteiger partial charge on any atom is 0.245 e. The largest absolute Gasteiger partial charge is 0.376 e. The number of benzene rings is 1. The molecule has 2 fully saturated rings. The van der Waals surface area contributed by atoms with Crippen molar-refractivity contribution in [3.63, 3.8) is 0 Å². The molecule has 2 amide bonds. The quantitative estimate of drug-likeness (QED) is 0.900. The van der Waals surface area contributed by atoms with Crippen LogP contribution in [-0.2, 0) is 20.9 Å². The number of carbonyl (C=O) groups excluding carboxylic acids is 2. The Morgan fingerprint density at radius 2 is 1.91 bits per heavy atom. The third-order valence-corrected chi connectivity index (χ3v) is 4.68. The number of nitrogens with one attached hydrogen (secondary N) is 1. The first-order valence-electron chi connectivity index (χ1n) is 8.42. The minimum absolute atomic E-state index is 0.00690. The molecular weight excluding hydrogens is 292 g/mol. The third-order valence-electron chi connectivity index (χ3n) is 4.68. The lowest BCUT2D eigenvalue weighted by Crippen LogP contribution is -2.47. The van der Waals surface area contributed by atoms with E-state index < -0.39 is 0 Å². The number of likely N-dealkylation sites (tertiary alicyclic amines) is 1. The van der Waals surface area contributed by atoms with Crippen LogP contribution in [0.2, 0.25) is 0 Å². The van der Waals surface area contributed by atoms with E-state index in [1.165, 1.54) is 5.56 Å². The monoisotopic (exact) mass is 316 g/mol. The molecule has 1 aromatic rings. The summed E-state index contributed by atoms with van der Waals surface area (Å²) in [6.45, 7) is 2.93. The van der Waals surface area contributed by atoms with E-state index in [0.29, 0.717) is 25.4 Å². The van der Waals surface area contributed by atoms with Crippen molar-refractivity contribution in [2.45, 2.75) is 38.3 Å². The summed E-state index contributed by atoms with van der Waals surface area (Å²) in [5.41, 5.74) is 1.19. The molecule has 2 aliphatic heterocycles. The second-order valence-electron chi connectivity index (χ2n) is 6.43. The fourth-order valence-electron chi connectivity index (χ4n) is 3.26. The molecule has 2 saturated heterocycles. The first kappa shape index (κ1) is 16.0. The highest BCUT2D eigenvalue weighted by Gasteiger charge is 2.32. The number of nitrogens with zero attached hydrogens (tertiary/aromatic N) is 1. The van der Waals surface area contributed by atoms with Gasteiger partial charge < -0.3 is 15.0 Å². The van der Waals surface area contributed by atoms with E-state index in [9.17, 15) is 9.59 Å². The van der Waals surface area contributed by atoms with Gasteiger partial charge in [0, 0.05) is 26.1 Å². The van der Waals surface area contributed by atoms with Crippen LogP contribution in [0.25, 0.3) is 0 Å². The van der Waals surface area contributed by atoms with Crippen molar-refractivity contribution in [1.82, 2.24) is 10.2 Å². The number of hydrogen-bond donors (Lipinski definition) is 1. The molecule has 0 aromatic heterocycles. The van der Waals surface area contributed by atoms with Gasteiger partial charge in [-0.15, -0.1) is 0 Å². The van der Waals surface area contributed by atoms with Gasteiger partial charge in [-0.2, -0.15) is 0 Å². The molecule has 23 heavy (non-hydrogen) atoms. The summed E-state index contributed by atoms with van der Waals surface area (Å²) >= 11 is 0. The Balaban J connectivity index is 1.37. The first-order valence-corrected chi connectivity index (χ1v) is 8.42. The Morgan fingerprint density at radius 1 is 1.17 bits per heavy atom. The SMILES string of the molecule is O=C1CCC(C(=O)N2CCC(COCc3ccccc3)CC2)N1. The third kappa shape index (κ3) is 4.32. The highest BCUT2D eigenvalue weighted by Crippen LogP contribution is 2.20. The summed E-state index contributed by atoms with van der Waals surface area (Å²) in [6, 6.07) is 9.88. The number of carbonyl (C=O) groups is 2. The zero-order chi connectivity index (χ0) is 16.1. The van der Waals surface area contributed by atoms with Crippen LogP contribution in [0.15, 0.2) is 30.3 Å².